The molecule has 0 spiro atoms. The molecular formula is C7H14O2S. The molecule has 0 saturated heterocycles. The zero-order valence-electron chi connectivity index (χ0n) is 6.55. The fraction of sp³-hybridized carbons (Fsp3) is 0.857. The topological polar surface area (TPSA) is 26.3 Å². The van der Waals surface area contributed by atoms with Gasteiger partial charge in [-0.1, -0.05) is 13.3 Å². The van der Waals surface area contributed by atoms with Crippen molar-refractivity contribution in [3.63, 3.8) is 0 Å². The van der Waals surface area contributed by atoms with Gasteiger partial charge in [0.15, 0.2) is 0 Å². The Morgan fingerprint density at radius 2 is 2.30 bits per heavy atom. The van der Waals surface area contributed by atoms with Crippen molar-refractivity contribution in [2.75, 3.05) is 11.7 Å². The number of ether oxygens (including phenoxy) is 1. The van der Waals surface area contributed by atoms with Gasteiger partial charge in [-0.3, -0.25) is 4.79 Å². The highest BCUT2D eigenvalue weighted by Gasteiger charge is 1.91. The lowest BCUT2D eigenvalue weighted by molar-refractivity contribution is -0.138. The Bertz CT molecular complexity index is 93.6. The third-order valence-electron chi connectivity index (χ3n) is 0.988. The molecule has 0 fully saturated rings. The molecule has 0 heterocycles. The third-order valence-corrected chi connectivity index (χ3v) is 1.85. The van der Waals surface area contributed by atoms with Gasteiger partial charge in [0.2, 0.25) is 0 Å². The van der Waals surface area contributed by atoms with Crippen molar-refractivity contribution in [1.29, 1.82) is 0 Å². The van der Waals surface area contributed by atoms with E-state index in [1.807, 2.05) is 0 Å². The van der Waals surface area contributed by atoms with Crippen LogP contribution in [0.3, 0.4) is 0 Å². The lowest BCUT2D eigenvalue weighted by atomic mass is 10.4. The summed E-state index contributed by atoms with van der Waals surface area (Å²) < 4.78 is 4.71. The van der Waals surface area contributed by atoms with Gasteiger partial charge in [-0.05, 0) is 12.2 Å². The van der Waals surface area contributed by atoms with Crippen molar-refractivity contribution in [1.82, 2.24) is 0 Å². The molecule has 0 radical (unpaired) electrons. The largest absolute Gasteiger partial charge is 0.455 e. The van der Waals surface area contributed by atoms with Gasteiger partial charge >= 0.3 is 5.97 Å². The van der Waals surface area contributed by atoms with E-state index < -0.39 is 0 Å². The normalized spacial score (nSPS) is 9.40. The lowest BCUT2D eigenvalue weighted by Gasteiger charge is -1.99. The number of hydrogen-bond donors (Lipinski definition) is 0. The van der Waals surface area contributed by atoms with Gasteiger partial charge < -0.3 is 4.74 Å². The van der Waals surface area contributed by atoms with Crippen molar-refractivity contribution in [2.45, 2.75) is 26.7 Å². The molecule has 0 aromatic carbocycles. The van der Waals surface area contributed by atoms with Gasteiger partial charge in [-0.25, -0.2) is 0 Å². The molecule has 0 aromatic rings. The molecule has 0 aliphatic rings. The summed E-state index contributed by atoms with van der Waals surface area (Å²) in [6.07, 6.45) is 2.40. The summed E-state index contributed by atoms with van der Waals surface area (Å²) in [5.74, 6) is 1.41. The first-order chi connectivity index (χ1) is 4.77. The van der Waals surface area contributed by atoms with Crippen LogP contribution in [0, 0.1) is 0 Å². The first kappa shape index (κ1) is 9.82. The lowest BCUT2D eigenvalue weighted by Crippen LogP contribution is -1.97. The number of rotatable bonds is 5. The Morgan fingerprint density at radius 3 is 2.80 bits per heavy atom. The van der Waals surface area contributed by atoms with E-state index in [0.717, 1.165) is 5.75 Å². The second kappa shape index (κ2) is 6.93. The van der Waals surface area contributed by atoms with E-state index in [9.17, 15) is 4.79 Å². The molecule has 0 aromatic heterocycles. The van der Waals surface area contributed by atoms with Crippen molar-refractivity contribution < 1.29 is 9.53 Å². The Kier molecular flexibility index (Phi) is 6.81. The molecule has 0 unspecified atom stereocenters. The number of esters is 1. The minimum absolute atomic E-state index is 0.191. The summed E-state index contributed by atoms with van der Waals surface area (Å²) in [5.41, 5.74) is 0. The maximum absolute atomic E-state index is 10.2. The second-order valence-electron chi connectivity index (χ2n) is 2.02. The summed E-state index contributed by atoms with van der Waals surface area (Å²) >= 11 is 1.66. The Hall–Kier alpha value is -0.180. The maximum atomic E-state index is 10.2. The predicted octanol–water partition coefficient (Wildman–Crippen LogP) is 2.04. The Labute approximate surface area is 66.3 Å². The zero-order chi connectivity index (χ0) is 7.82. The van der Waals surface area contributed by atoms with Crippen LogP contribution in [0.5, 0.6) is 0 Å². The SMILES string of the molecule is CCCCSCOC(C)=O. The quantitative estimate of drug-likeness (QED) is 0.351. The number of unbranched alkanes of at least 4 members (excludes halogenated alkanes) is 1. The van der Waals surface area contributed by atoms with E-state index in [0.29, 0.717) is 5.94 Å². The predicted molar refractivity (Wildman–Crippen MR) is 44.0 cm³/mol. The Balaban J connectivity index is 2.84. The van der Waals surface area contributed by atoms with Gasteiger partial charge in [-0.2, -0.15) is 0 Å². The van der Waals surface area contributed by atoms with E-state index >= 15 is 0 Å². The summed E-state index contributed by atoms with van der Waals surface area (Å²) in [4.78, 5) is 10.2. The van der Waals surface area contributed by atoms with Crippen molar-refractivity contribution in [2.24, 2.45) is 0 Å². The van der Waals surface area contributed by atoms with E-state index in [1.54, 1.807) is 11.8 Å². The van der Waals surface area contributed by atoms with Crippen LogP contribution in [0.15, 0.2) is 0 Å². The standard InChI is InChI=1S/C7H14O2S/c1-3-4-5-10-6-9-7(2)8/h3-6H2,1-2H3. The van der Waals surface area contributed by atoms with E-state index in [2.05, 4.69) is 6.92 Å². The highest BCUT2D eigenvalue weighted by molar-refractivity contribution is 7.99. The average molecular weight is 162 g/mol. The molecule has 3 heteroatoms. The molecule has 2 nitrogen and oxygen atoms in total. The van der Waals surface area contributed by atoms with Crippen LogP contribution in [0.25, 0.3) is 0 Å². The van der Waals surface area contributed by atoms with Crippen LogP contribution in [0.1, 0.15) is 26.7 Å². The van der Waals surface area contributed by atoms with Crippen molar-refractivity contribution >= 4 is 17.7 Å². The maximum Gasteiger partial charge on any atom is 0.303 e. The smallest absolute Gasteiger partial charge is 0.303 e. The van der Waals surface area contributed by atoms with Crippen LogP contribution >= 0.6 is 11.8 Å². The molecule has 0 amide bonds. The average Bonchev–Trinajstić information content (AvgIpc) is 1.87. The summed E-state index contributed by atoms with van der Waals surface area (Å²) in [6, 6.07) is 0. The molecule has 0 bridgehead atoms. The fourth-order valence-corrected chi connectivity index (χ4v) is 1.29. The number of carbonyl (C=O) groups excluding carboxylic acids is 1. The van der Waals surface area contributed by atoms with Crippen molar-refractivity contribution in [3.8, 4) is 0 Å². The minimum Gasteiger partial charge on any atom is -0.455 e. The van der Waals surface area contributed by atoms with Crippen LogP contribution < -0.4 is 0 Å². The van der Waals surface area contributed by atoms with Crippen LogP contribution in [0.4, 0.5) is 0 Å². The summed E-state index contributed by atoms with van der Waals surface area (Å²) in [5, 5.41) is 0. The fourth-order valence-electron chi connectivity index (χ4n) is 0.430. The van der Waals surface area contributed by atoms with Gasteiger partial charge in [0, 0.05) is 6.92 Å². The summed E-state index contributed by atoms with van der Waals surface area (Å²) in [7, 11) is 0. The van der Waals surface area contributed by atoms with Crippen LogP contribution in [-0.2, 0) is 9.53 Å². The highest BCUT2D eigenvalue weighted by Crippen LogP contribution is 2.03. The molecule has 0 atom stereocenters. The molecule has 0 saturated carbocycles. The molecular weight excluding hydrogens is 148 g/mol. The highest BCUT2D eigenvalue weighted by atomic mass is 32.2. The minimum atomic E-state index is -0.191. The number of hydrogen-bond acceptors (Lipinski definition) is 3. The van der Waals surface area contributed by atoms with Crippen molar-refractivity contribution in [3.05, 3.63) is 0 Å². The van der Waals surface area contributed by atoms with Gasteiger partial charge in [0.1, 0.15) is 5.94 Å². The first-order valence-corrected chi connectivity index (χ1v) is 4.64. The number of carbonyl (C=O) groups is 1. The molecule has 0 N–H and O–H groups in total. The van der Waals surface area contributed by atoms with E-state index in [-0.39, 0.29) is 5.97 Å². The Morgan fingerprint density at radius 1 is 1.60 bits per heavy atom. The van der Waals surface area contributed by atoms with Crippen LogP contribution in [0.2, 0.25) is 0 Å². The van der Waals surface area contributed by atoms with Gasteiger partial charge in [-0.15, -0.1) is 11.8 Å². The van der Waals surface area contributed by atoms with Gasteiger partial charge in [0.05, 0.1) is 0 Å². The third kappa shape index (κ3) is 7.82. The van der Waals surface area contributed by atoms with E-state index in [1.165, 1.54) is 19.8 Å². The zero-order valence-corrected chi connectivity index (χ0v) is 7.37. The first-order valence-electron chi connectivity index (χ1n) is 3.48. The van der Waals surface area contributed by atoms with Crippen LogP contribution in [-0.4, -0.2) is 17.7 Å². The van der Waals surface area contributed by atoms with E-state index in [4.69, 9.17) is 4.74 Å². The molecule has 0 rings (SSSR count). The summed E-state index contributed by atoms with van der Waals surface area (Å²) in [6.45, 7) is 3.58. The molecule has 60 valence electrons. The van der Waals surface area contributed by atoms with Gasteiger partial charge in [0.25, 0.3) is 0 Å². The molecule has 10 heavy (non-hydrogen) atoms. The molecule has 0 aliphatic heterocycles. The molecule has 0 aliphatic carbocycles. The second-order valence-corrected chi connectivity index (χ2v) is 3.07. The number of thioether (sulfide) groups is 1. The monoisotopic (exact) mass is 162 g/mol.